The monoisotopic (exact) mass is 212 g/mol. The fourth-order valence-corrected chi connectivity index (χ4v) is 2.41. The lowest BCUT2D eigenvalue weighted by molar-refractivity contribution is -0.146. The summed E-state index contributed by atoms with van der Waals surface area (Å²) in [5.74, 6) is -0.288. The van der Waals surface area contributed by atoms with Gasteiger partial charge in [0.25, 0.3) is 0 Å². The summed E-state index contributed by atoms with van der Waals surface area (Å²) in [4.78, 5) is 24.7. The molecule has 15 heavy (non-hydrogen) atoms. The third-order valence-electron chi connectivity index (χ3n) is 3.30. The predicted molar refractivity (Wildman–Crippen MR) is 53.2 cm³/mol. The Morgan fingerprint density at radius 2 is 2.40 bits per heavy atom. The Kier molecular flexibility index (Phi) is 2.65. The first kappa shape index (κ1) is 10.4. The number of hydrogen-bond donors (Lipinski definition) is 1. The van der Waals surface area contributed by atoms with Crippen molar-refractivity contribution in [1.82, 2.24) is 10.2 Å². The zero-order valence-corrected chi connectivity index (χ0v) is 8.91. The maximum atomic E-state index is 12.0. The van der Waals surface area contributed by atoms with Crippen LogP contribution in [0.15, 0.2) is 0 Å². The molecule has 2 saturated heterocycles. The minimum atomic E-state index is -0.367. The van der Waals surface area contributed by atoms with E-state index in [9.17, 15) is 9.59 Å². The largest absolute Gasteiger partial charge is 0.468 e. The molecule has 2 aliphatic heterocycles. The second-order valence-corrected chi connectivity index (χ2v) is 4.17. The molecule has 0 unspecified atom stereocenters. The summed E-state index contributed by atoms with van der Waals surface area (Å²) >= 11 is 0. The molecule has 0 radical (unpaired) electrons. The lowest BCUT2D eigenvalue weighted by Gasteiger charge is -2.22. The number of nitrogens with zero attached hydrogens (tertiary/aromatic N) is 1. The van der Waals surface area contributed by atoms with Crippen LogP contribution in [0.25, 0.3) is 0 Å². The lowest BCUT2D eigenvalue weighted by atomic mass is 9.96. The molecule has 2 heterocycles. The van der Waals surface area contributed by atoms with E-state index in [1.54, 1.807) is 4.90 Å². The van der Waals surface area contributed by atoms with E-state index >= 15 is 0 Å². The van der Waals surface area contributed by atoms with Crippen molar-refractivity contribution >= 4 is 11.9 Å². The number of amides is 1. The molecule has 0 aromatic rings. The Bertz CT molecular complexity index is 284. The van der Waals surface area contributed by atoms with Crippen molar-refractivity contribution in [1.29, 1.82) is 0 Å². The van der Waals surface area contributed by atoms with E-state index in [4.69, 9.17) is 0 Å². The van der Waals surface area contributed by atoms with E-state index in [-0.39, 0.29) is 24.0 Å². The minimum absolute atomic E-state index is 0.0606. The third-order valence-corrected chi connectivity index (χ3v) is 3.30. The van der Waals surface area contributed by atoms with Gasteiger partial charge in [-0.3, -0.25) is 9.59 Å². The maximum Gasteiger partial charge on any atom is 0.325 e. The number of hydrogen-bond acceptors (Lipinski definition) is 4. The molecule has 2 aliphatic rings. The summed E-state index contributed by atoms with van der Waals surface area (Å²) in [6, 6.07) is 0. The summed E-state index contributed by atoms with van der Waals surface area (Å²) in [6.07, 6.45) is 2.74. The normalized spacial score (nSPS) is 30.2. The highest BCUT2D eigenvalue weighted by Crippen LogP contribution is 2.30. The molecule has 2 fully saturated rings. The summed E-state index contributed by atoms with van der Waals surface area (Å²) in [6.45, 7) is 1.64. The molecule has 2 rings (SSSR count). The van der Waals surface area contributed by atoms with Gasteiger partial charge in [0.2, 0.25) is 5.91 Å². The van der Waals surface area contributed by atoms with Crippen molar-refractivity contribution < 1.29 is 14.3 Å². The highest BCUT2D eigenvalue weighted by atomic mass is 16.5. The first-order valence-corrected chi connectivity index (χ1v) is 5.29. The second-order valence-electron chi connectivity index (χ2n) is 4.17. The average molecular weight is 212 g/mol. The number of ether oxygens (including phenoxy) is 1. The molecule has 0 bridgehead atoms. The molecule has 5 nitrogen and oxygen atoms in total. The van der Waals surface area contributed by atoms with Crippen molar-refractivity contribution in [2.45, 2.75) is 24.8 Å². The van der Waals surface area contributed by atoms with Gasteiger partial charge in [0, 0.05) is 6.54 Å². The number of likely N-dealkylation sites (tertiary alicyclic amines) is 1. The molecule has 1 N–H and O–H groups in total. The molecule has 5 heteroatoms. The first-order valence-electron chi connectivity index (χ1n) is 5.29. The van der Waals surface area contributed by atoms with Crippen LogP contribution < -0.4 is 5.32 Å². The van der Waals surface area contributed by atoms with E-state index in [0.717, 1.165) is 25.8 Å². The highest BCUT2D eigenvalue weighted by Gasteiger charge is 2.48. The van der Waals surface area contributed by atoms with Crippen LogP contribution in [0.3, 0.4) is 0 Å². The molecular weight excluding hydrogens is 196 g/mol. The standard InChI is InChI=1S/C10H16N2O3/c1-15-8(13)7-12-6-4-10(9(12)14)3-2-5-11-10/h11H,2-7H2,1H3/t10-/m1/s1. The first-order chi connectivity index (χ1) is 7.18. The lowest BCUT2D eigenvalue weighted by Crippen LogP contribution is -2.48. The van der Waals surface area contributed by atoms with Crippen molar-refractivity contribution in [2.24, 2.45) is 0 Å². The zero-order valence-electron chi connectivity index (χ0n) is 8.91. The van der Waals surface area contributed by atoms with Crippen LogP contribution in [-0.2, 0) is 14.3 Å². The zero-order chi connectivity index (χ0) is 10.9. The van der Waals surface area contributed by atoms with Gasteiger partial charge in [-0.25, -0.2) is 0 Å². The summed E-state index contributed by atoms with van der Waals surface area (Å²) in [5.41, 5.74) is -0.367. The fraction of sp³-hybridized carbons (Fsp3) is 0.800. The Labute approximate surface area is 88.8 Å². The Morgan fingerprint density at radius 3 is 3.00 bits per heavy atom. The van der Waals surface area contributed by atoms with Gasteiger partial charge in [-0.1, -0.05) is 0 Å². The minimum Gasteiger partial charge on any atom is -0.468 e. The molecule has 84 valence electrons. The number of carbonyl (C=O) groups excluding carboxylic acids is 2. The van der Waals surface area contributed by atoms with Crippen LogP contribution in [0.2, 0.25) is 0 Å². The van der Waals surface area contributed by atoms with Gasteiger partial charge in [-0.05, 0) is 25.8 Å². The average Bonchev–Trinajstić information content (AvgIpc) is 2.82. The Balaban J connectivity index is 2.01. The topological polar surface area (TPSA) is 58.6 Å². The van der Waals surface area contributed by atoms with Gasteiger partial charge in [0.1, 0.15) is 6.54 Å². The summed E-state index contributed by atoms with van der Waals surface area (Å²) in [7, 11) is 1.34. The van der Waals surface area contributed by atoms with Gasteiger partial charge in [0.05, 0.1) is 12.6 Å². The smallest absolute Gasteiger partial charge is 0.325 e. The third kappa shape index (κ3) is 1.71. The Hall–Kier alpha value is -1.10. The van der Waals surface area contributed by atoms with Gasteiger partial charge in [-0.2, -0.15) is 0 Å². The van der Waals surface area contributed by atoms with Crippen LogP contribution in [0.1, 0.15) is 19.3 Å². The number of rotatable bonds is 2. The molecule has 1 spiro atoms. The van der Waals surface area contributed by atoms with E-state index in [2.05, 4.69) is 10.1 Å². The van der Waals surface area contributed by atoms with Crippen LogP contribution >= 0.6 is 0 Å². The van der Waals surface area contributed by atoms with Crippen LogP contribution in [0, 0.1) is 0 Å². The van der Waals surface area contributed by atoms with Crippen LogP contribution in [0.5, 0.6) is 0 Å². The molecule has 0 saturated carbocycles. The molecule has 0 aliphatic carbocycles. The van der Waals surface area contributed by atoms with Gasteiger partial charge in [-0.15, -0.1) is 0 Å². The quantitative estimate of drug-likeness (QED) is 0.628. The summed E-state index contributed by atoms with van der Waals surface area (Å²) < 4.78 is 4.56. The molecular formula is C10H16N2O3. The SMILES string of the molecule is COC(=O)CN1CC[C@]2(CCCN2)C1=O. The van der Waals surface area contributed by atoms with E-state index < -0.39 is 0 Å². The molecule has 1 amide bonds. The maximum absolute atomic E-state index is 12.0. The van der Waals surface area contributed by atoms with E-state index in [1.165, 1.54) is 7.11 Å². The van der Waals surface area contributed by atoms with Gasteiger partial charge in [0.15, 0.2) is 0 Å². The van der Waals surface area contributed by atoms with Crippen molar-refractivity contribution in [2.75, 3.05) is 26.7 Å². The van der Waals surface area contributed by atoms with Crippen molar-refractivity contribution in [3.63, 3.8) is 0 Å². The van der Waals surface area contributed by atoms with Crippen molar-refractivity contribution in [3.8, 4) is 0 Å². The predicted octanol–water partition coefficient (Wildman–Crippen LogP) is -0.486. The molecule has 0 aromatic heterocycles. The van der Waals surface area contributed by atoms with Crippen LogP contribution in [0.4, 0.5) is 0 Å². The second kappa shape index (κ2) is 3.81. The van der Waals surface area contributed by atoms with E-state index in [0.29, 0.717) is 6.54 Å². The van der Waals surface area contributed by atoms with Gasteiger partial charge >= 0.3 is 5.97 Å². The molecule has 1 atom stereocenters. The molecule has 0 aromatic carbocycles. The van der Waals surface area contributed by atoms with Crippen molar-refractivity contribution in [3.05, 3.63) is 0 Å². The number of methoxy groups -OCH3 is 1. The van der Waals surface area contributed by atoms with Gasteiger partial charge < -0.3 is 15.0 Å². The Morgan fingerprint density at radius 1 is 1.60 bits per heavy atom. The fourth-order valence-electron chi connectivity index (χ4n) is 2.41. The number of esters is 1. The highest BCUT2D eigenvalue weighted by molar-refractivity contribution is 5.91. The number of nitrogens with one attached hydrogen (secondary N) is 1. The number of carbonyl (C=O) groups is 2. The summed E-state index contributed by atoms with van der Waals surface area (Å²) in [5, 5.41) is 3.26. The van der Waals surface area contributed by atoms with E-state index in [1.807, 2.05) is 0 Å². The van der Waals surface area contributed by atoms with Crippen LogP contribution in [-0.4, -0.2) is 49.1 Å².